The molecule has 2 aromatic rings. The summed E-state index contributed by atoms with van der Waals surface area (Å²) in [7, 11) is -3.98. The van der Waals surface area contributed by atoms with Crippen LogP contribution in [0.4, 0.5) is 5.69 Å². The van der Waals surface area contributed by atoms with Gasteiger partial charge < -0.3 is 5.11 Å². The fraction of sp³-hybridized carbons (Fsp3) is 0.167. The monoisotopic (exact) mass is 390 g/mol. The quantitative estimate of drug-likeness (QED) is 0.781. The van der Waals surface area contributed by atoms with Crippen LogP contribution < -0.4 is 4.72 Å². The minimum atomic E-state index is -3.98. The second-order valence-electron chi connectivity index (χ2n) is 4.32. The fourth-order valence-corrected chi connectivity index (χ4v) is 4.62. The summed E-state index contributed by atoms with van der Waals surface area (Å²) in [5, 5.41) is 10.6. The molecule has 0 aliphatic rings. The normalized spacial score (nSPS) is 11.4. The van der Waals surface area contributed by atoms with Crippen LogP contribution in [0.5, 0.6) is 0 Å². The molecule has 21 heavy (non-hydrogen) atoms. The molecule has 0 spiro atoms. The molecular formula is C12H11BrN2O4S2. The van der Waals surface area contributed by atoms with E-state index in [4.69, 9.17) is 5.11 Å². The van der Waals surface area contributed by atoms with Crippen LogP contribution >= 0.6 is 27.3 Å². The molecule has 112 valence electrons. The van der Waals surface area contributed by atoms with Crippen LogP contribution in [0.3, 0.4) is 0 Å². The summed E-state index contributed by atoms with van der Waals surface area (Å²) in [4.78, 5) is 14.7. The summed E-state index contributed by atoms with van der Waals surface area (Å²) in [5.41, 5.74) is 1.43. The highest BCUT2D eigenvalue weighted by atomic mass is 79.9. The number of carbonyl (C=O) groups is 1. The van der Waals surface area contributed by atoms with Crippen LogP contribution in [0.1, 0.15) is 20.8 Å². The van der Waals surface area contributed by atoms with Gasteiger partial charge in [-0.1, -0.05) is 0 Å². The number of halogens is 1. The number of thiophene rings is 1. The number of hydrogen-bond donors (Lipinski definition) is 2. The Labute approximate surface area is 134 Å². The molecule has 0 atom stereocenters. The van der Waals surface area contributed by atoms with Gasteiger partial charge in [0.1, 0.15) is 14.4 Å². The maximum atomic E-state index is 12.4. The number of aromatic nitrogens is 1. The Hall–Kier alpha value is -1.45. The zero-order valence-corrected chi connectivity index (χ0v) is 14.3. The number of aryl methyl sites for hydroxylation is 2. The molecule has 0 aliphatic carbocycles. The Morgan fingerprint density at radius 1 is 1.38 bits per heavy atom. The first-order valence-corrected chi connectivity index (χ1v) is 8.84. The highest BCUT2D eigenvalue weighted by molar-refractivity contribution is 9.10. The molecule has 0 saturated carbocycles. The minimum Gasteiger partial charge on any atom is -0.477 e. The van der Waals surface area contributed by atoms with Crippen molar-refractivity contribution >= 4 is 48.9 Å². The van der Waals surface area contributed by atoms with E-state index >= 15 is 0 Å². The summed E-state index contributed by atoms with van der Waals surface area (Å²) < 4.78 is 27.8. The van der Waals surface area contributed by atoms with Gasteiger partial charge in [0.2, 0.25) is 0 Å². The van der Waals surface area contributed by atoms with Crippen LogP contribution in [-0.2, 0) is 10.0 Å². The number of nitrogens with one attached hydrogen (secondary N) is 1. The van der Waals surface area contributed by atoms with Crippen LogP contribution in [0, 0.1) is 13.8 Å². The molecule has 0 radical (unpaired) electrons. The van der Waals surface area contributed by atoms with Crippen LogP contribution in [0.2, 0.25) is 0 Å². The maximum Gasteiger partial charge on any atom is 0.347 e. The van der Waals surface area contributed by atoms with E-state index in [-0.39, 0.29) is 15.5 Å². The first-order chi connectivity index (χ1) is 9.72. The Kier molecular flexibility index (Phi) is 4.35. The summed E-state index contributed by atoms with van der Waals surface area (Å²) in [6.07, 6.45) is 1.36. The predicted octanol–water partition coefficient (Wildman–Crippen LogP) is 3.02. The molecule has 0 bridgehead atoms. The number of carboxylic acid groups (broad SMARTS) is 1. The van der Waals surface area contributed by atoms with Crippen molar-refractivity contribution in [3.63, 3.8) is 0 Å². The number of carboxylic acids is 1. The van der Waals surface area contributed by atoms with E-state index in [1.165, 1.54) is 11.6 Å². The minimum absolute atomic E-state index is 0.207. The average Bonchev–Trinajstić information content (AvgIpc) is 2.76. The standard InChI is InChI=1S/C12H11BrN2O4S2/c1-6-3-8(4-14-11(6)13)15-21(18,19)10-7(2)5-20-9(10)12(16)17/h3-5,15H,1-2H3,(H,16,17). The van der Waals surface area contributed by atoms with Crippen molar-refractivity contribution in [1.82, 2.24) is 4.98 Å². The van der Waals surface area contributed by atoms with Gasteiger partial charge in [-0.2, -0.15) is 0 Å². The van der Waals surface area contributed by atoms with Crippen molar-refractivity contribution in [2.75, 3.05) is 4.72 Å². The molecule has 0 aromatic carbocycles. The Balaban J connectivity index is 2.45. The molecule has 9 heteroatoms. The van der Waals surface area contributed by atoms with Crippen LogP contribution in [0.15, 0.2) is 27.1 Å². The van der Waals surface area contributed by atoms with Gasteiger partial charge in [-0.3, -0.25) is 4.72 Å². The SMILES string of the molecule is Cc1cc(NS(=O)(=O)c2c(C)csc2C(=O)O)cnc1Br. The number of rotatable bonds is 4. The van der Waals surface area contributed by atoms with Gasteiger partial charge >= 0.3 is 5.97 Å². The zero-order chi connectivity index (χ0) is 15.8. The zero-order valence-electron chi connectivity index (χ0n) is 11.0. The van der Waals surface area contributed by atoms with Crippen LogP contribution in [0.25, 0.3) is 0 Å². The van der Waals surface area contributed by atoms with Gasteiger partial charge in [0.05, 0.1) is 11.9 Å². The van der Waals surface area contributed by atoms with Gasteiger partial charge in [-0.05, 0) is 52.4 Å². The predicted molar refractivity (Wildman–Crippen MR) is 83.5 cm³/mol. The van der Waals surface area contributed by atoms with E-state index in [0.29, 0.717) is 10.2 Å². The van der Waals surface area contributed by atoms with E-state index in [2.05, 4.69) is 25.6 Å². The molecule has 0 amide bonds. The van der Waals surface area contributed by atoms with Gasteiger partial charge in [0.25, 0.3) is 10.0 Å². The summed E-state index contributed by atoms with van der Waals surface area (Å²) in [6, 6.07) is 1.61. The molecule has 0 saturated heterocycles. The molecule has 2 aromatic heterocycles. The smallest absolute Gasteiger partial charge is 0.347 e. The number of nitrogens with zero attached hydrogens (tertiary/aromatic N) is 1. The first kappa shape index (κ1) is 15.9. The third-order valence-electron chi connectivity index (χ3n) is 2.65. The molecule has 0 unspecified atom stereocenters. The Morgan fingerprint density at radius 3 is 2.62 bits per heavy atom. The molecule has 6 nitrogen and oxygen atoms in total. The molecule has 0 fully saturated rings. The highest BCUT2D eigenvalue weighted by Crippen LogP contribution is 2.29. The molecule has 2 heterocycles. The van der Waals surface area contributed by atoms with Crippen molar-refractivity contribution in [3.8, 4) is 0 Å². The second kappa shape index (κ2) is 5.74. The second-order valence-corrected chi connectivity index (χ2v) is 7.57. The van der Waals surface area contributed by atoms with Crippen molar-refractivity contribution < 1.29 is 18.3 Å². The van der Waals surface area contributed by atoms with Crippen molar-refractivity contribution in [1.29, 1.82) is 0 Å². The van der Waals surface area contributed by atoms with E-state index in [1.807, 2.05) is 0 Å². The average molecular weight is 391 g/mol. The summed E-state index contributed by atoms with van der Waals surface area (Å²) >= 11 is 4.11. The molecule has 2 rings (SSSR count). The van der Waals surface area contributed by atoms with Gasteiger partial charge in [0, 0.05) is 0 Å². The van der Waals surface area contributed by atoms with Gasteiger partial charge in [0.15, 0.2) is 0 Å². The van der Waals surface area contributed by atoms with E-state index in [1.54, 1.807) is 19.9 Å². The lowest BCUT2D eigenvalue weighted by atomic mass is 10.3. The molecule has 0 aliphatic heterocycles. The Bertz CT molecular complexity index is 815. The van der Waals surface area contributed by atoms with Crippen LogP contribution in [-0.4, -0.2) is 24.5 Å². The number of aromatic carboxylic acids is 1. The van der Waals surface area contributed by atoms with Crippen molar-refractivity contribution in [3.05, 3.63) is 38.3 Å². The van der Waals surface area contributed by atoms with E-state index in [0.717, 1.165) is 16.9 Å². The third kappa shape index (κ3) is 3.25. The summed E-state index contributed by atoms with van der Waals surface area (Å²) in [5.74, 6) is -1.27. The molecular weight excluding hydrogens is 380 g/mol. The van der Waals surface area contributed by atoms with Gasteiger partial charge in [-0.15, -0.1) is 11.3 Å². The van der Waals surface area contributed by atoms with Crippen molar-refractivity contribution in [2.45, 2.75) is 18.7 Å². The lowest BCUT2D eigenvalue weighted by Crippen LogP contribution is -2.16. The Morgan fingerprint density at radius 2 is 2.05 bits per heavy atom. The lowest BCUT2D eigenvalue weighted by molar-refractivity contribution is 0.0698. The largest absolute Gasteiger partial charge is 0.477 e. The van der Waals surface area contributed by atoms with E-state index in [9.17, 15) is 13.2 Å². The maximum absolute atomic E-state index is 12.4. The number of sulfonamides is 1. The highest BCUT2D eigenvalue weighted by Gasteiger charge is 2.27. The number of anilines is 1. The number of pyridine rings is 1. The van der Waals surface area contributed by atoms with E-state index < -0.39 is 16.0 Å². The topological polar surface area (TPSA) is 96.4 Å². The number of hydrogen-bond acceptors (Lipinski definition) is 5. The van der Waals surface area contributed by atoms with Crippen molar-refractivity contribution in [2.24, 2.45) is 0 Å². The lowest BCUT2D eigenvalue weighted by Gasteiger charge is -2.09. The van der Waals surface area contributed by atoms with Gasteiger partial charge in [-0.25, -0.2) is 18.2 Å². The summed E-state index contributed by atoms with van der Waals surface area (Å²) in [6.45, 7) is 3.33. The first-order valence-electron chi connectivity index (χ1n) is 5.68. The third-order valence-corrected chi connectivity index (χ3v) is 6.26. The molecule has 2 N–H and O–H groups in total. The fourth-order valence-electron chi connectivity index (χ4n) is 1.74.